The molecule has 2 heterocycles. The zero-order valence-electron chi connectivity index (χ0n) is 17.7. The molecule has 9 heteroatoms. The first-order valence-corrected chi connectivity index (χ1v) is 9.98. The molecule has 1 saturated heterocycles. The van der Waals surface area contributed by atoms with E-state index < -0.39 is 35.9 Å². The van der Waals surface area contributed by atoms with E-state index in [2.05, 4.69) is 0 Å². The Labute approximate surface area is 183 Å². The zero-order valence-corrected chi connectivity index (χ0v) is 17.7. The Morgan fingerprint density at radius 1 is 0.969 bits per heavy atom. The highest BCUT2D eigenvalue weighted by atomic mass is 16.5. The van der Waals surface area contributed by atoms with Crippen LogP contribution in [0, 0.1) is 0 Å². The van der Waals surface area contributed by atoms with Crippen molar-refractivity contribution in [2.24, 2.45) is 0 Å². The van der Waals surface area contributed by atoms with Gasteiger partial charge in [-0.05, 0) is 24.6 Å². The number of aliphatic hydroxyl groups is 3. The van der Waals surface area contributed by atoms with Crippen LogP contribution in [0.5, 0.6) is 17.2 Å². The van der Waals surface area contributed by atoms with Gasteiger partial charge in [0.2, 0.25) is 5.43 Å². The number of fused-ring (bicyclic) bond motifs is 1. The lowest BCUT2D eigenvalue weighted by atomic mass is 9.90. The summed E-state index contributed by atoms with van der Waals surface area (Å²) < 4.78 is 22.0. The van der Waals surface area contributed by atoms with Gasteiger partial charge in [-0.1, -0.05) is 12.1 Å². The summed E-state index contributed by atoms with van der Waals surface area (Å²) in [6, 6.07) is 7.99. The Kier molecular flexibility index (Phi) is 5.83. The molecule has 0 spiro atoms. The number of ether oxygens (including phenoxy) is 3. The number of rotatable bonds is 4. The van der Waals surface area contributed by atoms with Gasteiger partial charge < -0.3 is 39.1 Å². The molecule has 4 N–H and O–H groups in total. The summed E-state index contributed by atoms with van der Waals surface area (Å²) >= 11 is 0. The van der Waals surface area contributed by atoms with Gasteiger partial charge in [0, 0.05) is 6.07 Å². The SMILES string of the molecule is COc1ccc(-c2coc3c([C@@H]4O[C@@H](C)[C@H](O)[C@H](O)[C@H]4O)c(OC)cc(O)c3c2=O)cc1. The topological polar surface area (TPSA) is 139 Å². The summed E-state index contributed by atoms with van der Waals surface area (Å²) in [5, 5.41) is 41.3. The molecule has 1 aliphatic rings. The Morgan fingerprint density at radius 3 is 2.28 bits per heavy atom. The monoisotopic (exact) mass is 444 g/mol. The molecular weight excluding hydrogens is 420 g/mol. The number of phenols is 1. The van der Waals surface area contributed by atoms with Crippen molar-refractivity contribution in [1.29, 1.82) is 0 Å². The molecule has 3 aromatic rings. The van der Waals surface area contributed by atoms with E-state index in [1.807, 2.05) is 0 Å². The number of aliphatic hydroxyl groups excluding tert-OH is 3. The smallest absolute Gasteiger partial charge is 0.204 e. The van der Waals surface area contributed by atoms with Gasteiger partial charge in [0.05, 0.1) is 31.5 Å². The van der Waals surface area contributed by atoms with E-state index in [0.29, 0.717) is 11.3 Å². The van der Waals surface area contributed by atoms with E-state index >= 15 is 0 Å². The van der Waals surface area contributed by atoms with Crippen molar-refractivity contribution in [3.8, 4) is 28.4 Å². The lowest BCUT2D eigenvalue weighted by Gasteiger charge is -2.39. The highest BCUT2D eigenvalue weighted by molar-refractivity contribution is 5.91. The third kappa shape index (κ3) is 3.49. The number of hydrogen-bond acceptors (Lipinski definition) is 9. The van der Waals surface area contributed by atoms with Gasteiger partial charge in [-0.3, -0.25) is 4.79 Å². The van der Waals surface area contributed by atoms with E-state index in [1.165, 1.54) is 26.5 Å². The molecule has 4 rings (SSSR count). The van der Waals surface area contributed by atoms with Gasteiger partial charge in [-0.2, -0.15) is 0 Å². The molecule has 0 radical (unpaired) electrons. The lowest BCUT2D eigenvalue weighted by molar-refractivity contribution is -0.219. The first-order chi connectivity index (χ1) is 15.3. The lowest BCUT2D eigenvalue weighted by Crippen LogP contribution is -2.53. The molecule has 9 nitrogen and oxygen atoms in total. The van der Waals surface area contributed by atoms with Crippen molar-refractivity contribution in [2.45, 2.75) is 37.4 Å². The Balaban J connectivity index is 1.93. The molecule has 2 aromatic carbocycles. The van der Waals surface area contributed by atoms with Crippen molar-refractivity contribution >= 4 is 11.0 Å². The Morgan fingerprint density at radius 2 is 1.66 bits per heavy atom. The standard InChI is InChI=1S/C23H24O9/c1-10-18(25)20(27)21(28)23(32-10)17-15(30-3)8-14(24)16-19(26)13(9-31-22(16)17)11-4-6-12(29-2)7-5-11/h4-10,18,20-21,23-25,27-28H,1-3H3/t10-,18-,20-,21+,23-/m0/s1. The number of phenolic OH excluding ortho intramolecular Hbond substituents is 1. The predicted molar refractivity (Wildman–Crippen MR) is 114 cm³/mol. The Hall–Kier alpha value is -3.11. The number of methoxy groups -OCH3 is 2. The first kappa shape index (κ1) is 22.1. The minimum absolute atomic E-state index is 0.0519. The normalized spacial score (nSPS) is 25.6. The van der Waals surface area contributed by atoms with Crippen LogP contribution in [0.3, 0.4) is 0 Å². The van der Waals surface area contributed by atoms with Crippen LogP contribution in [0.25, 0.3) is 22.1 Å². The highest BCUT2D eigenvalue weighted by Crippen LogP contribution is 2.43. The van der Waals surface area contributed by atoms with E-state index in [1.54, 1.807) is 31.2 Å². The summed E-state index contributed by atoms with van der Waals surface area (Å²) in [6.07, 6.45) is -5.09. The van der Waals surface area contributed by atoms with Crippen LogP contribution in [0.1, 0.15) is 18.6 Å². The fourth-order valence-corrected chi connectivity index (χ4v) is 3.98. The number of hydrogen-bond donors (Lipinski definition) is 4. The molecule has 0 bridgehead atoms. The largest absolute Gasteiger partial charge is 0.507 e. The second-order valence-corrected chi connectivity index (χ2v) is 7.66. The van der Waals surface area contributed by atoms with Crippen LogP contribution in [0.2, 0.25) is 0 Å². The molecule has 170 valence electrons. The van der Waals surface area contributed by atoms with E-state index in [9.17, 15) is 25.2 Å². The van der Waals surface area contributed by atoms with Crippen molar-refractivity contribution < 1.29 is 39.1 Å². The second kappa shape index (κ2) is 8.44. The summed E-state index contributed by atoms with van der Waals surface area (Å²) in [6.45, 7) is 1.54. The molecule has 5 atom stereocenters. The van der Waals surface area contributed by atoms with Crippen molar-refractivity contribution in [1.82, 2.24) is 0 Å². The van der Waals surface area contributed by atoms with Crippen LogP contribution in [-0.2, 0) is 4.74 Å². The van der Waals surface area contributed by atoms with Gasteiger partial charge in [0.1, 0.15) is 53.3 Å². The van der Waals surface area contributed by atoms with Crippen molar-refractivity contribution in [3.05, 3.63) is 52.4 Å². The fraction of sp³-hybridized carbons (Fsp3) is 0.348. The molecular formula is C23H24O9. The van der Waals surface area contributed by atoms with Gasteiger partial charge >= 0.3 is 0 Å². The minimum atomic E-state index is -1.53. The van der Waals surface area contributed by atoms with Gasteiger partial charge in [-0.25, -0.2) is 0 Å². The second-order valence-electron chi connectivity index (χ2n) is 7.66. The van der Waals surface area contributed by atoms with Crippen LogP contribution in [0.15, 0.2) is 45.8 Å². The minimum Gasteiger partial charge on any atom is -0.507 e. The molecule has 0 aliphatic carbocycles. The first-order valence-electron chi connectivity index (χ1n) is 9.98. The molecule has 0 saturated carbocycles. The van der Waals surface area contributed by atoms with Gasteiger partial charge in [0.15, 0.2) is 5.58 Å². The molecule has 1 fully saturated rings. The maximum atomic E-state index is 13.3. The van der Waals surface area contributed by atoms with Crippen LogP contribution >= 0.6 is 0 Å². The molecule has 32 heavy (non-hydrogen) atoms. The third-order valence-corrected chi connectivity index (χ3v) is 5.79. The van der Waals surface area contributed by atoms with E-state index in [-0.39, 0.29) is 33.6 Å². The third-order valence-electron chi connectivity index (χ3n) is 5.79. The van der Waals surface area contributed by atoms with Crippen LogP contribution < -0.4 is 14.9 Å². The predicted octanol–water partition coefficient (Wildman–Crippen LogP) is 1.73. The van der Waals surface area contributed by atoms with Gasteiger partial charge in [-0.15, -0.1) is 0 Å². The maximum absolute atomic E-state index is 13.3. The van der Waals surface area contributed by atoms with Crippen LogP contribution in [-0.4, -0.2) is 59.1 Å². The van der Waals surface area contributed by atoms with E-state index in [4.69, 9.17) is 18.6 Å². The maximum Gasteiger partial charge on any atom is 0.204 e. The number of benzene rings is 2. The highest BCUT2D eigenvalue weighted by Gasteiger charge is 2.44. The number of aromatic hydroxyl groups is 1. The summed E-state index contributed by atoms with van der Waals surface area (Å²) in [5.74, 6) is 0.339. The van der Waals surface area contributed by atoms with E-state index in [0.717, 1.165) is 0 Å². The Bertz CT molecular complexity index is 1180. The van der Waals surface area contributed by atoms with Crippen LogP contribution in [0.4, 0.5) is 0 Å². The van der Waals surface area contributed by atoms with Gasteiger partial charge in [0.25, 0.3) is 0 Å². The summed E-state index contributed by atoms with van der Waals surface area (Å²) in [5.41, 5.74) is 0.351. The molecule has 0 amide bonds. The molecule has 0 unspecified atom stereocenters. The summed E-state index contributed by atoms with van der Waals surface area (Å²) in [7, 11) is 2.88. The zero-order chi connectivity index (χ0) is 23.2. The quantitative estimate of drug-likeness (QED) is 0.474. The molecule has 1 aromatic heterocycles. The summed E-state index contributed by atoms with van der Waals surface area (Å²) in [4.78, 5) is 13.3. The van der Waals surface area contributed by atoms with Crippen molar-refractivity contribution in [2.75, 3.05) is 14.2 Å². The average molecular weight is 444 g/mol. The molecule has 1 aliphatic heterocycles. The average Bonchev–Trinajstić information content (AvgIpc) is 2.80. The fourth-order valence-electron chi connectivity index (χ4n) is 3.98. The van der Waals surface area contributed by atoms with Crippen molar-refractivity contribution in [3.63, 3.8) is 0 Å².